The largest absolute Gasteiger partial charge is 0.492 e. The zero-order valence-corrected chi connectivity index (χ0v) is 9.35. The summed E-state index contributed by atoms with van der Waals surface area (Å²) in [6, 6.07) is 8.20. The van der Waals surface area contributed by atoms with E-state index in [1.807, 2.05) is 12.1 Å². The quantitative estimate of drug-likeness (QED) is 0.819. The average Bonchev–Trinajstić information content (AvgIpc) is 2.16. The monoisotopic (exact) mass is 215 g/mol. The van der Waals surface area contributed by atoms with E-state index in [9.17, 15) is 0 Å². The molecule has 0 amide bonds. The molecular formula is C11H18ClNO. The number of aryl methyl sites for hydroxylation is 1. The van der Waals surface area contributed by atoms with Crippen LogP contribution in [0.25, 0.3) is 0 Å². The molecular weight excluding hydrogens is 198 g/mol. The van der Waals surface area contributed by atoms with Crippen molar-refractivity contribution in [1.29, 1.82) is 0 Å². The number of rotatable bonds is 5. The molecule has 3 heteroatoms. The molecule has 0 atom stereocenters. The fourth-order valence-electron chi connectivity index (χ4n) is 1.26. The van der Waals surface area contributed by atoms with Gasteiger partial charge in [0, 0.05) is 6.54 Å². The summed E-state index contributed by atoms with van der Waals surface area (Å²) < 4.78 is 5.42. The number of benzene rings is 1. The molecule has 0 spiro atoms. The van der Waals surface area contributed by atoms with Gasteiger partial charge in [0.05, 0.1) is 0 Å². The van der Waals surface area contributed by atoms with Gasteiger partial charge in [0.25, 0.3) is 0 Å². The Bertz CT molecular complexity index is 253. The van der Waals surface area contributed by atoms with Gasteiger partial charge in [-0.25, -0.2) is 0 Å². The number of hydrogen-bond donors (Lipinski definition) is 1. The fourth-order valence-corrected chi connectivity index (χ4v) is 1.26. The van der Waals surface area contributed by atoms with Gasteiger partial charge in [-0.2, -0.15) is 0 Å². The molecule has 2 N–H and O–H groups in total. The molecule has 0 aliphatic rings. The number of ether oxygens (including phenoxy) is 1. The molecule has 0 aliphatic heterocycles. The first-order valence-electron chi connectivity index (χ1n) is 4.78. The van der Waals surface area contributed by atoms with Crippen molar-refractivity contribution in [3.05, 3.63) is 29.8 Å². The highest BCUT2D eigenvalue weighted by molar-refractivity contribution is 5.85. The Labute approximate surface area is 91.9 Å². The van der Waals surface area contributed by atoms with Crippen LogP contribution in [-0.4, -0.2) is 13.2 Å². The topological polar surface area (TPSA) is 35.2 Å². The van der Waals surface area contributed by atoms with Crippen molar-refractivity contribution in [3.8, 4) is 5.75 Å². The normalized spacial score (nSPS) is 9.29. The van der Waals surface area contributed by atoms with Gasteiger partial charge in [-0.3, -0.25) is 0 Å². The lowest BCUT2D eigenvalue weighted by Gasteiger charge is -2.05. The zero-order chi connectivity index (χ0) is 9.52. The Morgan fingerprint density at radius 1 is 1.36 bits per heavy atom. The Morgan fingerprint density at radius 2 is 2.14 bits per heavy atom. The van der Waals surface area contributed by atoms with Crippen molar-refractivity contribution in [2.24, 2.45) is 5.73 Å². The molecule has 1 aromatic carbocycles. The van der Waals surface area contributed by atoms with E-state index in [1.54, 1.807) is 0 Å². The van der Waals surface area contributed by atoms with Crippen LogP contribution >= 0.6 is 12.4 Å². The van der Waals surface area contributed by atoms with Crippen molar-refractivity contribution in [1.82, 2.24) is 0 Å². The molecule has 14 heavy (non-hydrogen) atoms. The third-order valence-corrected chi connectivity index (χ3v) is 1.82. The van der Waals surface area contributed by atoms with Crippen LogP contribution < -0.4 is 10.5 Å². The van der Waals surface area contributed by atoms with Crippen molar-refractivity contribution >= 4 is 12.4 Å². The Balaban J connectivity index is 0.00000169. The summed E-state index contributed by atoms with van der Waals surface area (Å²) in [5.41, 5.74) is 6.68. The highest BCUT2D eigenvalue weighted by Gasteiger charge is 1.94. The minimum Gasteiger partial charge on any atom is -0.492 e. The van der Waals surface area contributed by atoms with Crippen LogP contribution in [0.15, 0.2) is 24.3 Å². The Hall–Kier alpha value is -0.730. The van der Waals surface area contributed by atoms with Crippen LogP contribution in [0.5, 0.6) is 5.75 Å². The second kappa shape index (κ2) is 7.65. The third kappa shape index (κ3) is 4.49. The molecule has 0 bridgehead atoms. The van der Waals surface area contributed by atoms with E-state index in [2.05, 4.69) is 19.1 Å². The maximum Gasteiger partial charge on any atom is 0.119 e. The van der Waals surface area contributed by atoms with Gasteiger partial charge in [0.15, 0.2) is 0 Å². The molecule has 80 valence electrons. The van der Waals surface area contributed by atoms with Gasteiger partial charge < -0.3 is 10.5 Å². The summed E-state index contributed by atoms with van der Waals surface area (Å²) in [4.78, 5) is 0. The predicted molar refractivity (Wildman–Crippen MR) is 62.2 cm³/mol. The first-order chi connectivity index (χ1) is 6.36. The molecule has 0 aliphatic carbocycles. The predicted octanol–water partition coefficient (Wildman–Crippen LogP) is 2.40. The van der Waals surface area contributed by atoms with Gasteiger partial charge in [0.1, 0.15) is 12.4 Å². The Morgan fingerprint density at radius 3 is 2.79 bits per heavy atom. The Kier molecular flexibility index (Phi) is 7.25. The van der Waals surface area contributed by atoms with Gasteiger partial charge >= 0.3 is 0 Å². The second-order valence-corrected chi connectivity index (χ2v) is 3.03. The van der Waals surface area contributed by atoms with Crippen LogP contribution in [0, 0.1) is 0 Å². The van der Waals surface area contributed by atoms with Gasteiger partial charge in [-0.05, 0) is 24.1 Å². The molecule has 0 saturated heterocycles. The lowest BCUT2D eigenvalue weighted by molar-refractivity contribution is 0.328. The van der Waals surface area contributed by atoms with Crippen LogP contribution in [0.4, 0.5) is 0 Å². The van der Waals surface area contributed by atoms with Gasteiger partial charge in [-0.1, -0.05) is 25.5 Å². The molecule has 1 aromatic rings. The highest BCUT2D eigenvalue weighted by Crippen LogP contribution is 2.14. The fraction of sp³-hybridized carbons (Fsp3) is 0.455. The minimum absolute atomic E-state index is 0. The standard InChI is InChI=1S/C11H17NO.ClH/c1-2-4-10-5-3-6-11(9-10)13-8-7-12;/h3,5-6,9H,2,4,7-8,12H2,1H3;1H. The number of halogens is 1. The first kappa shape index (κ1) is 13.3. The van der Waals surface area contributed by atoms with Crippen molar-refractivity contribution in [2.45, 2.75) is 19.8 Å². The minimum atomic E-state index is 0. The smallest absolute Gasteiger partial charge is 0.119 e. The highest BCUT2D eigenvalue weighted by atomic mass is 35.5. The van der Waals surface area contributed by atoms with E-state index in [4.69, 9.17) is 10.5 Å². The van der Waals surface area contributed by atoms with E-state index >= 15 is 0 Å². The summed E-state index contributed by atoms with van der Waals surface area (Å²) in [6.45, 7) is 3.33. The number of nitrogens with two attached hydrogens (primary N) is 1. The van der Waals surface area contributed by atoms with Crippen molar-refractivity contribution < 1.29 is 4.74 Å². The number of hydrogen-bond acceptors (Lipinski definition) is 2. The van der Waals surface area contributed by atoms with E-state index in [0.29, 0.717) is 13.2 Å². The lowest BCUT2D eigenvalue weighted by Crippen LogP contribution is -2.10. The average molecular weight is 216 g/mol. The SMILES string of the molecule is CCCc1cccc(OCCN)c1.Cl. The lowest BCUT2D eigenvalue weighted by atomic mass is 10.1. The molecule has 0 unspecified atom stereocenters. The van der Waals surface area contributed by atoms with Crippen LogP contribution in [-0.2, 0) is 6.42 Å². The summed E-state index contributed by atoms with van der Waals surface area (Å²) in [6.07, 6.45) is 2.28. The van der Waals surface area contributed by atoms with E-state index in [1.165, 1.54) is 12.0 Å². The molecule has 0 heterocycles. The second-order valence-electron chi connectivity index (χ2n) is 3.03. The van der Waals surface area contributed by atoms with E-state index in [-0.39, 0.29) is 12.4 Å². The third-order valence-electron chi connectivity index (χ3n) is 1.82. The van der Waals surface area contributed by atoms with E-state index in [0.717, 1.165) is 12.2 Å². The summed E-state index contributed by atoms with van der Waals surface area (Å²) in [5.74, 6) is 0.927. The molecule has 0 aromatic heterocycles. The van der Waals surface area contributed by atoms with Crippen LogP contribution in [0.2, 0.25) is 0 Å². The van der Waals surface area contributed by atoms with Crippen LogP contribution in [0.3, 0.4) is 0 Å². The zero-order valence-electron chi connectivity index (χ0n) is 8.53. The molecule has 0 saturated carbocycles. The van der Waals surface area contributed by atoms with Crippen molar-refractivity contribution in [2.75, 3.05) is 13.2 Å². The van der Waals surface area contributed by atoms with Crippen LogP contribution in [0.1, 0.15) is 18.9 Å². The molecule has 0 fully saturated rings. The molecule has 0 radical (unpaired) electrons. The van der Waals surface area contributed by atoms with E-state index < -0.39 is 0 Å². The molecule has 1 rings (SSSR count). The summed E-state index contributed by atoms with van der Waals surface area (Å²) in [5, 5.41) is 0. The van der Waals surface area contributed by atoms with Gasteiger partial charge in [0.2, 0.25) is 0 Å². The maximum atomic E-state index is 5.42. The summed E-state index contributed by atoms with van der Waals surface area (Å²) >= 11 is 0. The summed E-state index contributed by atoms with van der Waals surface area (Å²) in [7, 11) is 0. The molecule has 2 nitrogen and oxygen atoms in total. The maximum absolute atomic E-state index is 5.42. The first-order valence-corrected chi connectivity index (χ1v) is 4.78. The van der Waals surface area contributed by atoms with Crippen molar-refractivity contribution in [3.63, 3.8) is 0 Å². The van der Waals surface area contributed by atoms with Gasteiger partial charge in [-0.15, -0.1) is 12.4 Å².